The molecule has 0 unspecified atom stereocenters. The molecular formula is C7H5N5. The van der Waals surface area contributed by atoms with Crippen molar-refractivity contribution in [3.8, 4) is 18.2 Å². The third-order valence-electron chi connectivity index (χ3n) is 0.793. The number of nitrogens with one attached hydrogen (secondary N) is 1. The van der Waals surface area contributed by atoms with Crippen LogP contribution in [0.3, 0.4) is 0 Å². The number of aromatic amines is 1. The van der Waals surface area contributed by atoms with Gasteiger partial charge in [0.1, 0.15) is 0 Å². The van der Waals surface area contributed by atoms with Crippen molar-refractivity contribution < 1.29 is 0 Å². The first-order valence-electron chi connectivity index (χ1n) is 2.96. The summed E-state index contributed by atoms with van der Waals surface area (Å²) in [5, 5.41) is 23.5. The van der Waals surface area contributed by atoms with Crippen LogP contribution in [0.15, 0.2) is 18.7 Å². The van der Waals surface area contributed by atoms with Gasteiger partial charge in [0.25, 0.3) is 0 Å². The third-order valence-corrected chi connectivity index (χ3v) is 0.793. The summed E-state index contributed by atoms with van der Waals surface area (Å²) in [6, 6.07) is 4.44. The summed E-state index contributed by atoms with van der Waals surface area (Å²) in [5.41, 5.74) is 0. The van der Waals surface area contributed by atoms with Gasteiger partial charge in [0.15, 0.2) is 0 Å². The molecule has 58 valence electrons. The Morgan fingerprint density at radius 1 is 1.17 bits per heavy atom. The molecule has 1 aromatic rings. The molecule has 0 aromatic carbocycles. The Labute approximate surface area is 69.5 Å². The Bertz CT molecular complexity index is 257. The molecular weight excluding hydrogens is 154 g/mol. The van der Waals surface area contributed by atoms with Crippen LogP contribution >= 0.6 is 0 Å². The minimum absolute atomic E-state index is 1.10. The van der Waals surface area contributed by atoms with Crippen molar-refractivity contribution in [2.24, 2.45) is 5.92 Å². The van der Waals surface area contributed by atoms with Gasteiger partial charge in [0.05, 0.1) is 24.5 Å². The number of hydrogen-bond donors (Lipinski definition) is 1. The van der Waals surface area contributed by atoms with Gasteiger partial charge in [-0.3, -0.25) is 0 Å². The van der Waals surface area contributed by atoms with Crippen LogP contribution < -0.4 is 0 Å². The van der Waals surface area contributed by atoms with Gasteiger partial charge >= 0.3 is 0 Å². The summed E-state index contributed by atoms with van der Waals surface area (Å²) >= 11 is 0. The largest absolute Gasteiger partial charge is 0.351 e. The van der Waals surface area contributed by atoms with Crippen LogP contribution in [-0.2, 0) is 0 Å². The van der Waals surface area contributed by atoms with E-state index in [9.17, 15) is 0 Å². The molecule has 12 heavy (non-hydrogen) atoms. The maximum atomic E-state index is 7.83. The number of H-pyrrole nitrogens is 1. The molecule has 1 N–H and O–H groups in total. The Kier molecular flexibility index (Phi) is 5.48. The van der Waals surface area contributed by atoms with Gasteiger partial charge in [-0.15, -0.1) is 0 Å². The van der Waals surface area contributed by atoms with Crippen LogP contribution in [0.25, 0.3) is 0 Å². The standard InChI is InChI=1S/C4HN3.C3H4N2/c5-1-4(2-6)3-7;1-2-5-3-4-1/h4H;1-3H,(H,4,5). The first kappa shape index (κ1) is 9.68. The Hall–Kier alpha value is -2.32. The van der Waals surface area contributed by atoms with Gasteiger partial charge < -0.3 is 4.98 Å². The Morgan fingerprint density at radius 3 is 1.83 bits per heavy atom. The number of aromatic nitrogens is 2. The number of imidazole rings is 1. The smallest absolute Gasteiger partial charge is 0.218 e. The fraction of sp³-hybridized carbons (Fsp3) is 0.143. The molecule has 0 radical (unpaired) electrons. The molecule has 0 aliphatic carbocycles. The highest BCUT2D eigenvalue weighted by Gasteiger charge is 1.97. The Morgan fingerprint density at radius 2 is 1.75 bits per heavy atom. The van der Waals surface area contributed by atoms with Gasteiger partial charge in [-0.1, -0.05) is 0 Å². The monoisotopic (exact) mass is 159 g/mol. The number of hydrogen-bond acceptors (Lipinski definition) is 4. The molecule has 0 aliphatic heterocycles. The fourth-order valence-electron chi connectivity index (χ4n) is 0.302. The van der Waals surface area contributed by atoms with E-state index in [-0.39, 0.29) is 0 Å². The summed E-state index contributed by atoms with van der Waals surface area (Å²) in [6.45, 7) is 0. The quantitative estimate of drug-likeness (QED) is 0.598. The second-order valence-corrected chi connectivity index (χ2v) is 1.58. The zero-order valence-electron chi connectivity index (χ0n) is 6.10. The SMILES string of the molecule is N#CC(C#N)C#N.c1c[nH]cn1. The molecule has 0 fully saturated rings. The second kappa shape index (κ2) is 6.80. The lowest BCUT2D eigenvalue weighted by atomic mass is 10.2. The third kappa shape index (κ3) is 4.55. The van der Waals surface area contributed by atoms with E-state index in [1.54, 1.807) is 18.7 Å². The van der Waals surface area contributed by atoms with Crippen LogP contribution in [0, 0.1) is 39.9 Å². The molecule has 0 saturated heterocycles. The van der Waals surface area contributed by atoms with Crippen molar-refractivity contribution in [1.82, 2.24) is 9.97 Å². The molecule has 5 nitrogen and oxygen atoms in total. The van der Waals surface area contributed by atoms with Gasteiger partial charge in [-0.05, 0) is 0 Å². The molecule has 1 heterocycles. The summed E-state index contributed by atoms with van der Waals surface area (Å²) < 4.78 is 0. The lowest BCUT2D eigenvalue weighted by Crippen LogP contribution is -1.82. The highest BCUT2D eigenvalue weighted by Crippen LogP contribution is 1.83. The lowest BCUT2D eigenvalue weighted by molar-refractivity contribution is 1.10. The van der Waals surface area contributed by atoms with Crippen LogP contribution in [0.1, 0.15) is 0 Å². The van der Waals surface area contributed by atoms with Crippen molar-refractivity contribution in [3.05, 3.63) is 18.7 Å². The van der Waals surface area contributed by atoms with E-state index in [1.807, 2.05) is 0 Å². The molecule has 0 spiro atoms. The van der Waals surface area contributed by atoms with E-state index in [1.165, 1.54) is 18.2 Å². The van der Waals surface area contributed by atoms with E-state index >= 15 is 0 Å². The zero-order chi connectivity index (χ0) is 9.23. The summed E-state index contributed by atoms with van der Waals surface area (Å²) in [7, 11) is 0. The van der Waals surface area contributed by atoms with Crippen molar-refractivity contribution >= 4 is 0 Å². The minimum Gasteiger partial charge on any atom is -0.351 e. The Balaban J connectivity index is 0.000000211. The van der Waals surface area contributed by atoms with Crippen molar-refractivity contribution in [1.29, 1.82) is 15.8 Å². The average molecular weight is 159 g/mol. The summed E-state index contributed by atoms with van der Waals surface area (Å²) in [4.78, 5) is 6.42. The molecule has 0 amide bonds. The van der Waals surface area contributed by atoms with Gasteiger partial charge in [0, 0.05) is 12.4 Å². The number of nitrogens with zero attached hydrogens (tertiary/aromatic N) is 4. The molecule has 0 saturated carbocycles. The van der Waals surface area contributed by atoms with Gasteiger partial charge in [-0.2, -0.15) is 15.8 Å². The molecule has 0 atom stereocenters. The summed E-state index contributed by atoms with van der Waals surface area (Å²) in [5.74, 6) is -1.10. The van der Waals surface area contributed by atoms with E-state index in [0.717, 1.165) is 0 Å². The molecule has 0 bridgehead atoms. The first-order valence-corrected chi connectivity index (χ1v) is 2.96. The topological polar surface area (TPSA) is 100 Å². The second-order valence-electron chi connectivity index (χ2n) is 1.58. The highest BCUT2D eigenvalue weighted by atomic mass is 14.8. The lowest BCUT2D eigenvalue weighted by Gasteiger charge is -1.69. The first-order chi connectivity index (χ1) is 5.85. The molecule has 5 heteroatoms. The van der Waals surface area contributed by atoms with Crippen LogP contribution in [0.2, 0.25) is 0 Å². The minimum atomic E-state index is -1.10. The maximum absolute atomic E-state index is 7.83. The zero-order valence-corrected chi connectivity index (χ0v) is 6.10. The predicted molar refractivity (Wildman–Crippen MR) is 38.9 cm³/mol. The van der Waals surface area contributed by atoms with Crippen molar-refractivity contribution in [3.63, 3.8) is 0 Å². The average Bonchev–Trinajstić information content (AvgIpc) is 2.64. The molecule has 0 aliphatic rings. The van der Waals surface area contributed by atoms with Gasteiger partial charge in [0.2, 0.25) is 5.92 Å². The van der Waals surface area contributed by atoms with E-state index in [0.29, 0.717) is 0 Å². The normalized spacial score (nSPS) is 6.83. The van der Waals surface area contributed by atoms with E-state index in [2.05, 4.69) is 9.97 Å². The number of nitriles is 3. The van der Waals surface area contributed by atoms with Crippen molar-refractivity contribution in [2.45, 2.75) is 0 Å². The van der Waals surface area contributed by atoms with Crippen molar-refractivity contribution in [2.75, 3.05) is 0 Å². The van der Waals surface area contributed by atoms with E-state index < -0.39 is 5.92 Å². The van der Waals surface area contributed by atoms with Crippen LogP contribution in [-0.4, -0.2) is 9.97 Å². The van der Waals surface area contributed by atoms with E-state index in [4.69, 9.17) is 15.8 Å². The maximum Gasteiger partial charge on any atom is 0.218 e. The van der Waals surface area contributed by atoms with Crippen LogP contribution in [0.5, 0.6) is 0 Å². The van der Waals surface area contributed by atoms with Gasteiger partial charge in [-0.25, -0.2) is 4.98 Å². The summed E-state index contributed by atoms with van der Waals surface area (Å²) in [6.07, 6.45) is 5.08. The van der Waals surface area contributed by atoms with Crippen LogP contribution in [0.4, 0.5) is 0 Å². The molecule has 1 aromatic heterocycles. The number of rotatable bonds is 0. The predicted octanol–water partition coefficient (Wildman–Crippen LogP) is 0.583. The highest BCUT2D eigenvalue weighted by molar-refractivity contribution is 5.11. The molecule has 1 rings (SSSR count). The fourth-order valence-corrected chi connectivity index (χ4v) is 0.302.